The molecule has 0 fully saturated rings. The minimum absolute atomic E-state index is 0.126. The molecule has 2 aliphatic rings. The number of alkyl halides is 3. The Balaban J connectivity index is 1.71. The molecular weight excluding hydrogens is 439 g/mol. The van der Waals surface area contributed by atoms with E-state index in [0.717, 1.165) is 52.4 Å². The SMILES string of the molecule is CN1CC=C(c2cn(S(=O)(=O)c3ccc4c(c3)CCN4)c3ccc(C(F)(F)F)cc23)CC1. The van der Waals surface area contributed by atoms with Crippen LogP contribution in [0.15, 0.2) is 53.6 Å². The largest absolute Gasteiger partial charge is 0.416 e. The van der Waals surface area contributed by atoms with E-state index in [1.54, 1.807) is 12.1 Å². The lowest BCUT2D eigenvalue weighted by atomic mass is 9.98. The molecule has 0 saturated carbocycles. The van der Waals surface area contributed by atoms with Crippen LogP contribution in [-0.2, 0) is 22.6 Å². The molecular formula is C23H22F3N3O2S. The smallest absolute Gasteiger partial charge is 0.384 e. The molecule has 9 heteroatoms. The van der Waals surface area contributed by atoms with Gasteiger partial charge >= 0.3 is 6.18 Å². The number of halogens is 3. The first-order valence-electron chi connectivity index (χ1n) is 10.4. The van der Waals surface area contributed by atoms with Crippen LogP contribution in [0.25, 0.3) is 16.5 Å². The Kier molecular flexibility index (Phi) is 4.86. The van der Waals surface area contributed by atoms with E-state index in [2.05, 4.69) is 10.2 Å². The van der Waals surface area contributed by atoms with Crippen LogP contribution in [0.4, 0.5) is 18.9 Å². The van der Waals surface area contributed by atoms with E-state index in [9.17, 15) is 21.6 Å². The molecule has 0 amide bonds. The second-order valence-corrected chi connectivity index (χ2v) is 10.1. The Morgan fingerprint density at radius 1 is 1.06 bits per heavy atom. The van der Waals surface area contributed by atoms with E-state index in [4.69, 9.17) is 0 Å². The van der Waals surface area contributed by atoms with Crippen molar-refractivity contribution in [1.29, 1.82) is 0 Å². The first-order valence-corrected chi connectivity index (χ1v) is 11.8. The summed E-state index contributed by atoms with van der Waals surface area (Å²) in [5.41, 5.74) is 2.67. The third-order valence-corrected chi connectivity index (χ3v) is 7.87. The van der Waals surface area contributed by atoms with Crippen LogP contribution >= 0.6 is 0 Å². The summed E-state index contributed by atoms with van der Waals surface area (Å²) in [7, 11) is -2.03. The van der Waals surface area contributed by atoms with Crippen molar-refractivity contribution in [2.24, 2.45) is 0 Å². The fourth-order valence-electron chi connectivity index (χ4n) is 4.40. The lowest BCUT2D eigenvalue weighted by Gasteiger charge is -2.21. The average Bonchev–Trinajstić information content (AvgIpc) is 3.37. The molecule has 1 N–H and O–H groups in total. The fourth-order valence-corrected chi connectivity index (χ4v) is 5.82. The van der Waals surface area contributed by atoms with Gasteiger partial charge in [0.1, 0.15) is 0 Å². The van der Waals surface area contributed by atoms with Gasteiger partial charge in [-0.25, -0.2) is 12.4 Å². The molecule has 1 aromatic heterocycles. The molecule has 0 spiro atoms. The van der Waals surface area contributed by atoms with Crippen LogP contribution in [0.3, 0.4) is 0 Å². The topological polar surface area (TPSA) is 54.3 Å². The van der Waals surface area contributed by atoms with Crippen LogP contribution in [0.1, 0.15) is 23.1 Å². The quantitative estimate of drug-likeness (QED) is 0.620. The van der Waals surface area contributed by atoms with Crippen LogP contribution in [0.2, 0.25) is 0 Å². The van der Waals surface area contributed by atoms with Crippen molar-refractivity contribution in [3.63, 3.8) is 0 Å². The molecule has 0 saturated heterocycles. The van der Waals surface area contributed by atoms with Crippen molar-refractivity contribution in [1.82, 2.24) is 8.87 Å². The maximum Gasteiger partial charge on any atom is 0.416 e. The van der Waals surface area contributed by atoms with Crippen molar-refractivity contribution in [2.75, 3.05) is 32.0 Å². The highest BCUT2D eigenvalue weighted by molar-refractivity contribution is 7.90. The van der Waals surface area contributed by atoms with Crippen molar-refractivity contribution in [3.05, 3.63) is 65.4 Å². The standard InChI is InChI=1S/C23H22F3N3O2S/c1-28-10-7-15(8-11-28)20-14-29(22-5-2-17(13-19(20)22)23(24,25)26)32(30,31)18-3-4-21-16(12-18)6-9-27-21/h2-5,7,12-14,27H,6,8-11H2,1H3. The number of hydrogen-bond acceptors (Lipinski definition) is 4. The maximum atomic E-state index is 13.6. The van der Waals surface area contributed by atoms with Gasteiger partial charge < -0.3 is 10.2 Å². The van der Waals surface area contributed by atoms with Crippen molar-refractivity contribution in [2.45, 2.75) is 23.9 Å². The van der Waals surface area contributed by atoms with Gasteiger partial charge in [0.2, 0.25) is 0 Å². The molecule has 0 radical (unpaired) electrons. The predicted octanol–water partition coefficient (Wildman–Crippen LogP) is 4.58. The Bertz CT molecular complexity index is 1360. The highest BCUT2D eigenvalue weighted by Crippen LogP contribution is 2.38. The summed E-state index contributed by atoms with van der Waals surface area (Å²) in [6.07, 6.45) is 0.280. The predicted molar refractivity (Wildman–Crippen MR) is 118 cm³/mol. The molecule has 32 heavy (non-hydrogen) atoms. The first kappa shape index (κ1) is 21.1. The van der Waals surface area contributed by atoms with Crippen LogP contribution in [0.5, 0.6) is 0 Å². The lowest BCUT2D eigenvalue weighted by Crippen LogP contribution is -2.23. The second-order valence-electron chi connectivity index (χ2n) is 8.31. The van der Waals surface area contributed by atoms with Crippen molar-refractivity contribution >= 4 is 32.2 Å². The third kappa shape index (κ3) is 3.49. The molecule has 3 aromatic rings. The molecule has 0 aliphatic carbocycles. The van der Waals surface area contributed by atoms with Crippen LogP contribution < -0.4 is 5.32 Å². The van der Waals surface area contributed by atoms with E-state index in [1.807, 2.05) is 13.1 Å². The molecule has 2 aromatic carbocycles. The summed E-state index contributed by atoms with van der Waals surface area (Å²) < 4.78 is 68.5. The van der Waals surface area contributed by atoms with Crippen molar-refractivity contribution in [3.8, 4) is 0 Å². The average molecular weight is 462 g/mol. The molecule has 0 bridgehead atoms. The van der Waals surface area contributed by atoms with Gasteiger partial charge in [-0.15, -0.1) is 0 Å². The van der Waals surface area contributed by atoms with Crippen molar-refractivity contribution < 1.29 is 21.6 Å². The van der Waals surface area contributed by atoms with Gasteiger partial charge in [0, 0.05) is 42.5 Å². The molecule has 5 rings (SSSR count). The lowest BCUT2D eigenvalue weighted by molar-refractivity contribution is -0.137. The van der Waals surface area contributed by atoms with Gasteiger partial charge in [-0.3, -0.25) is 0 Å². The summed E-state index contributed by atoms with van der Waals surface area (Å²) in [6.45, 7) is 2.16. The number of nitrogens with zero attached hydrogens (tertiary/aromatic N) is 2. The Morgan fingerprint density at radius 3 is 2.59 bits per heavy atom. The minimum atomic E-state index is -4.51. The molecule has 3 heterocycles. The zero-order valence-corrected chi connectivity index (χ0v) is 18.2. The van der Waals surface area contributed by atoms with E-state index in [-0.39, 0.29) is 10.4 Å². The van der Waals surface area contributed by atoms with E-state index in [0.29, 0.717) is 23.9 Å². The summed E-state index contributed by atoms with van der Waals surface area (Å²) in [4.78, 5) is 2.22. The summed E-state index contributed by atoms with van der Waals surface area (Å²) in [5.74, 6) is 0. The monoisotopic (exact) mass is 461 g/mol. The number of rotatable bonds is 3. The Morgan fingerprint density at radius 2 is 1.88 bits per heavy atom. The third-order valence-electron chi connectivity index (χ3n) is 6.20. The zero-order valence-electron chi connectivity index (χ0n) is 17.4. The number of fused-ring (bicyclic) bond motifs is 2. The van der Waals surface area contributed by atoms with E-state index >= 15 is 0 Å². The van der Waals surface area contributed by atoms with Gasteiger partial charge in [0.05, 0.1) is 16.0 Å². The number of likely N-dealkylation sites (N-methyl/N-ethyl adjacent to an activating group) is 1. The van der Waals surface area contributed by atoms with Gasteiger partial charge in [-0.05, 0) is 67.4 Å². The van der Waals surface area contributed by atoms with Gasteiger partial charge in [-0.2, -0.15) is 13.2 Å². The number of aromatic nitrogens is 1. The molecule has 168 valence electrons. The van der Waals surface area contributed by atoms with Crippen LogP contribution in [0, 0.1) is 0 Å². The first-order chi connectivity index (χ1) is 15.1. The number of anilines is 1. The Hall–Kier alpha value is -2.78. The zero-order chi connectivity index (χ0) is 22.7. The number of hydrogen-bond donors (Lipinski definition) is 1. The normalized spacial score (nSPS) is 17.3. The molecule has 0 unspecified atom stereocenters. The Labute approximate surface area is 184 Å². The van der Waals surface area contributed by atoms with E-state index in [1.165, 1.54) is 18.3 Å². The molecule has 2 aliphatic heterocycles. The maximum absolute atomic E-state index is 13.6. The van der Waals surface area contributed by atoms with E-state index < -0.39 is 21.8 Å². The molecule has 5 nitrogen and oxygen atoms in total. The minimum Gasteiger partial charge on any atom is -0.384 e. The van der Waals surface area contributed by atoms with Gasteiger partial charge in [-0.1, -0.05) is 6.08 Å². The fraction of sp³-hybridized carbons (Fsp3) is 0.304. The molecule has 0 atom stereocenters. The van der Waals surface area contributed by atoms with Gasteiger partial charge in [0.15, 0.2) is 0 Å². The van der Waals surface area contributed by atoms with Crippen LogP contribution in [-0.4, -0.2) is 44.0 Å². The second kappa shape index (κ2) is 7.38. The number of nitrogens with one attached hydrogen (secondary N) is 1. The van der Waals surface area contributed by atoms with Gasteiger partial charge in [0.25, 0.3) is 10.0 Å². The summed E-state index contributed by atoms with van der Waals surface area (Å²) in [6, 6.07) is 8.18. The number of benzene rings is 2. The summed E-state index contributed by atoms with van der Waals surface area (Å²) >= 11 is 0. The highest BCUT2D eigenvalue weighted by atomic mass is 32.2. The highest BCUT2D eigenvalue weighted by Gasteiger charge is 2.32. The summed E-state index contributed by atoms with van der Waals surface area (Å²) in [5, 5.41) is 3.49.